The van der Waals surface area contributed by atoms with E-state index in [1.165, 1.54) is 0 Å². The molecule has 0 radical (unpaired) electrons. The molecule has 0 spiro atoms. The van der Waals surface area contributed by atoms with Crippen LogP contribution in [0.15, 0.2) is 41.1 Å². The molecule has 2 aliphatic rings. The molecule has 2 saturated heterocycles. The van der Waals surface area contributed by atoms with Crippen molar-refractivity contribution >= 4 is 34.8 Å². The predicted molar refractivity (Wildman–Crippen MR) is 108 cm³/mol. The number of rotatable bonds is 3. The van der Waals surface area contributed by atoms with E-state index in [0.717, 1.165) is 51.3 Å². The van der Waals surface area contributed by atoms with Gasteiger partial charge >= 0.3 is 0 Å². The normalized spacial score (nSPS) is 20.9. The first kappa shape index (κ1) is 18.5. The summed E-state index contributed by atoms with van der Waals surface area (Å²) in [7, 11) is 0. The maximum Gasteiger partial charge on any atom is 0.254 e. The number of piperazine rings is 1. The molecule has 2 amide bonds. The van der Waals surface area contributed by atoms with Crippen LogP contribution in [0.25, 0.3) is 0 Å². The van der Waals surface area contributed by atoms with Gasteiger partial charge in [0.05, 0.1) is 5.56 Å². The number of nitrogens with zero attached hydrogens (tertiary/aromatic N) is 3. The molecule has 4 rings (SSSR count). The van der Waals surface area contributed by atoms with Crippen molar-refractivity contribution in [2.24, 2.45) is 0 Å². The first-order valence-corrected chi connectivity index (χ1v) is 10.5. The summed E-state index contributed by atoms with van der Waals surface area (Å²) in [5.41, 5.74) is 1.47. The summed E-state index contributed by atoms with van der Waals surface area (Å²) in [6, 6.07) is 9.34. The van der Waals surface area contributed by atoms with E-state index in [-0.39, 0.29) is 11.8 Å². The molecule has 0 N–H and O–H groups in total. The van der Waals surface area contributed by atoms with Crippen LogP contribution in [-0.4, -0.2) is 71.8 Å². The van der Waals surface area contributed by atoms with Crippen LogP contribution in [0.3, 0.4) is 0 Å². The standard InChI is InChI=1S/C20H22ClN3O2S/c21-17-3-1-15(2-4-17)19(25)24-7-5-18(13-24)22-8-10-23(11-9-22)20(26)16-6-12-27-14-16/h1-4,6,12,14,18H,5,7-11,13H2. The smallest absolute Gasteiger partial charge is 0.254 e. The summed E-state index contributed by atoms with van der Waals surface area (Å²) in [4.78, 5) is 31.4. The highest BCUT2D eigenvalue weighted by molar-refractivity contribution is 7.08. The van der Waals surface area contributed by atoms with E-state index in [1.807, 2.05) is 26.6 Å². The van der Waals surface area contributed by atoms with E-state index in [1.54, 1.807) is 35.6 Å². The summed E-state index contributed by atoms with van der Waals surface area (Å²) in [5.74, 6) is 0.197. The second kappa shape index (κ2) is 8.00. The molecule has 1 unspecified atom stereocenters. The monoisotopic (exact) mass is 403 g/mol. The SMILES string of the molecule is O=C(c1ccsc1)N1CCN(C2CCN(C(=O)c3ccc(Cl)cc3)C2)CC1. The van der Waals surface area contributed by atoms with Gasteiger partial charge in [-0.15, -0.1) is 0 Å². The van der Waals surface area contributed by atoms with Gasteiger partial charge in [-0.3, -0.25) is 14.5 Å². The van der Waals surface area contributed by atoms with Crippen molar-refractivity contribution in [1.82, 2.24) is 14.7 Å². The van der Waals surface area contributed by atoms with Crippen molar-refractivity contribution < 1.29 is 9.59 Å². The Morgan fingerprint density at radius 3 is 2.26 bits per heavy atom. The van der Waals surface area contributed by atoms with E-state index < -0.39 is 0 Å². The number of likely N-dealkylation sites (tertiary alicyclic amines) is 1. The summed E-state index contributed by atoms with van der Waals surface area (Å²) in [5, 5.41) is 4.49. The van der Waals surface area contributed by atoms with Crippen molar-refractivity contribution in [3.05, 3.63) is 57.2 Å². The van der Waals surface area contributed by atoms with E-state index in [2.05, 4.69) is 4.90 Å². The van der Waals surface area contributed by atoms with Crippen LogP contribution in [0.5, 0.6) is 0 Å². The van der Waals surface area contributed by atoms with Gasteiger partial charge in [0.1, 0.15) is 0 Å². The second-order valence-corrected chi connectivity index (χ2v) is 8.26. The highest BCUT2D eigenvalue weighted by Crippen LogP contribution is 2.21. The number of benzene rings is 1. The lowest BCUT2D eigenvalue weighted by molar-refractivity contribution is 0.0569. The topological polar surface area (TPSA) is 43.9 Å². The summed E-state index contributed by atoms with van der Waals surface area (Å²) in [6.07, 6.45) is 0.984. The average Bonchev–Trinajstić information content (AvgIpc) is 3.40. The highest BCUT2D eigenvalue weighted by atomic mass is 35.5. The van der Waals surface area contributed by atoms with Gasteiger partial charge in [-0.1, -0.05) is 11.6 Å². The highest BCUT2D eigenvalue weighted by Gasteiger charge is 2.33. The number of hydrogen-bond acceptors (Lipinski definition) is 4. The van der Waals surface area contributed by atoms with E-state index in [9.17, 15) is 9.59 Å². The lowest BCUT2D eigenvalue weighted by Gasteiger charge is -2.37. The third kappa shape index (κ3) is 4.03. The molecule has 1 atom stereocenters. The Morgan fingerprint density at radius 1 is 0.889 bits per heavy atom. The summed E-state index contributed by atoms with van der Waals surface area (Å²) >= 11 is 7.46. The largest absolute Gasteiger partial charge is 0.337 e. The molecule has 2 aromatic rings. The summed E-state index contributed by atoms with van der Waals surface area (Å²) < 4.78 is 0. The van der Waals surface area contributed by atoms with Gasteiger partial charge in [0.2, 0.25) is 0 Å². The van der Waals surface area contributed by atoms with Crippen LogP contribution in [0.2, 0.25) is 5.02 Å². The van der Waals surface area contributed by atoms with Crippen molar-refractivity contribution in [2.75, 3.05) is 39.3 Å². The molecular formula is C20H22ClN3O2S. The second-order valence-electron chi connectivity index (χ2n) is 7.04. The third-order valence-electron chi connectivity index (χ3n) is 5.43. The number of hydrogen-bond donors (Lipinski definition) is 0. The number of thiophene rings is 1. The van der Waals surface area contributed by atoms with Gasteiger partial charge in [0, 0.05) is 61.3 Å². The molecule has 1 aromatic heterocycles. The molecule has 0 saturated carbocycles. The van der Waals surface area contributed by atoms with Crippen LogP contribution >= 0.6 is 22.9 Å². The van der Waals surface area contributed by atoms with E-state index in [0.29, 0.717) is 16.6 Å². The lowest BCUT2D eigenvalue weighted by atomic mass is 10.1. The van der Waals surface area contributed by atoms with E-state index >= 15 is 0 Å². The zero-order valence-electron chi connectivity index (χ0n) is 15.0. The Bertz CT molecular complexity index is 801. The maximum absolute atomic E-state index is 12.7. The maximum atomic E-state index is 12.7. The minimum Gasteiger partial charge on any atom is -0.337 e. The molecular weight excluding hydrogens is 382 g/mol. The van der Waals surface area contributed by atoms with Gasteiger partial charge in [-0.05, 0) is 42.1 Å². The van der Waals surface area contributed by atoms with Gasteiger partial charge in [0.25, 0.3) is 11.8 Å². The minimum absolute atomic E-state index is 0.0699. The molecule has 7 heteroatoms. The molecule has 27 heavy (non-hydrogen) atoms. The van der Waals surface area contributed by atoms with Gasteiger partial charge in [-0.2, -0.15) is 11.3 Å². The first-order chi connectivity index (χ1) is 13.1. The number of carbonyl (C=O) groups excluding carboxylic acids is 2. The zero-order valence-corrected chi connectivity index (χ0v) is 16.6. The first-order valence-electron chi connectivity index (χ1n) is 9.22. The minimum atomic E-state index is 0.0699. The molecule has 0 bridgehead atoms. The van der Waals surface area contributed by atoms with Crippen LogP contribution in [0.1, 0.15) is 27.1 Å². The number of carbonyl (C=O) groups is 2. The Kier molecular flexibility index (Phi) is 5.48. The average molecular weight is 404 g/mol. The molecule has 1 aromatic carbocycles. The molecule has 3 heterocycles. The Morgan fingerprint density at radius 2 is 1.59 bits per heavy atom. The molecule has 2 aliphatic heterocycles. The fraction of sp³-hybridized carbons (Fsp3) is 0.400. The predicted octanol–water partition coefficient (Wildman–Crippen LogP) is 3.07. The lowest BCUT2D eigenvalue weighted by Crippen LogP contribution is -2.52. The number of halogens is 1. The molecule has 142 valence electrons. The zero-order chi connectivity index (χ0) is 18.8. The van der Waals surface area contributed by atoms with Crippen LogP contribution in [0.4, 0.5) is 0 Å². The van der Waals surface area contributed by atoms with Crippen molar-refractivity contribution in [1.29, 1.82) is 0 Å². The number of amides is 2. The quantitative estimate of drug-likeness (QED) is 0.791. The van der Waals surface area contributed by atoms with Crippen molar-refractivity contribution in [3.8, 4) is 0 Å². The Hall–Kier alpha value is -1.89. The fourth-order valence-corrected chi connectivity index (χ4v) is 4.61. The molecule has 0 aliphatic carbocycles. The van der Waals surface area contributed by atoms with Crippen LogP contribution < -0.4 is 0 Å². The van der Waals surface area contributed by atoms with Crippen LogP contribution in [-0.2, 0) is 0 Å². The molecule has 5 nitrogen and oxygen atoms in total. The van der Waals surface area contributed by atoms with Crippen molar-refractivity contribution in [2.45, 2.75) is 12.5 Å². The Balaban J connectivity index is 1.30. The third-order valence-corrected chi connectivity index (χ3v) is 6.36. The van der Waals surface area contributed by atoms with Crippen molar-refractivity contribution in [3.63, 3.8) is 0 Å². The van der Waals surface area contributed by atoms with Gasteiger partial charge < -0.3 is 9.80 Å². The Labute approximate surface area is 168 Å². The molecule has 2 fully saturated rings. The van der Waals surface area contributed by atoms with Crippen LogP contribution in [0, 0.1) is 0 Å². The van der Waals surface area contributed by atoms with E-state index in [4.69, 9.17) is 11.6 Å². The summed E-state index contributed by atoms with van der Waals surface area (Å²) in [6.45, 7) is 4.75. The fourth-order valence-electron chi connectivity index (χ4n) is 3.86. The van der Waals surface area contributed by atoms with Gasteiger partial charge in [0.15, 0.2) is 0 Å². The van der Waals surface area contributed by atoms with Gasteiger partial charge in [-0.25, -0.2) is 0 Å².